The zero-order valence-electron chi connectivity index (χ0n) is 10.3. The summed E-state index contributed by atoms with van der Waals surface area (Å²) in [6, 6.07) is 4.94. The number of β-amino-alcohol motifs (C(OH)–C–C–N with tert-alkyl or cyclic N) is 1. The fraction of sp³-hybridized carbons (Fsp3) is 0.231. The molecule has 1 aliphatic rings. The number of hydrogen-bond acceptors (Lipinski definition) is 4. The quantitative estimate of drug-likeness (QED) is 0.832. The summed E-state index contributed by atoms with van der Waals surface area (Å²) < 4.78 is 0.556. The number of aliphatic imine (C=N–C) groups is 1. The summed E-state index contributed by atoms with van der Waals surface area (Å²) in [5.74, 6) is 0.486. The molecule has 19 heavy (non-hydrogen) atoms. The van der Waals surface area contributed by atoms with Gasteiger partial charge in [0.2, 0.25) is 0 Å². The first-order valence-electron chi connectivity index (χ1n) is 5.71. The van der Waals surface area contributed by atoms with Crippen LogP contribution in [-0.2, 0) is 4.79 Å². The molecule has 1 aromatic carbocycles. The van der Waals surface area contributed by atoms with E-state index in [1.807, 2.05) is 0 Å². The molecule has 2 N–H and O–H groups in total. The molecule has 0 unspecified atom stereocenters. The molecule has 100 valence electrons. The number of carbonyl (C=O) groups is 1. The minimum absolute atomic E-state index is 0.101. The zero-order chi connectivity index (χ0) is 14.0. The van der Waals surface area contributed by atoms with Crippen LogP contribution < -0.4 is 0 Å². The van der Waals surface area contributed by atoms with E-state index >= 15 is 0 Å². The number of phenolic OH excluding ortho intramolecular Hbond substituents is 1. The highest BCUT2D eigenvalue weighted by Crippen LogP contribution is 2.26. The van der Waals surface area contributed by atoms with Gasteiger partial charge in [-0.15, -0.1) is 0 Å². The molecule has 0 saturated carbocycles. The van der Waals surface area contributed by atoms with Crippen molar-refractivity contribution in [3.8, 4) is 5.75 Å². The van der Waals surface area contributed by atoms with Gasteiger partial charge in [0.05, 0.1) is 17.6 Å². The van der Waals surface area contributed by atoms with E-state index in [1.54, 1.807) is 25.1 Å². The van der Waals surface area contributed by atoms with Crippen molar-refractivity contribution in [1.29, 1.82) is 0 Å². The highest BCUT2D eigenvalue weighted by molar-refractivity contribution is 9.10. The summed E-state index contributed by atoms with van der Waals surface area (Å²) in [5, 5.41) is 18.3. The molecule has 0 saturated heterocycles. The van der Waals surface area contributed by atoms with Crippen LogP contribution >= 0.6 is 15.9 Å². The maximum absolute atomic E-state index is 12.0. The van der Waals surface area contributed by atoms with E-state index in [0.717, 1.165) is 5.56 Å². The first kappa shape index (κ1) is 13.8. The molecule has 1 aliphatic heterocycles. The van der Waals surface area contributed by atoms with Crippen LogP contribution in [0, 0.1) is 0 Å². The van der Waals surface area contributed by atoms with Crippen LogP contribution in [0.3, 0.4) is 0 Å². The molecule has 5 nitrogen and oxygen atoms in total. The van der Waals surface area contributed by atoms with Gasteiger partial charge < -0.3 is 10.2 Å². The monoisotopic (exact) mass is 324 g/mol. The second-order valence-corrected chi connectivity index (χ2v) is 4.93. The van der Waals surface area contributed by atoms with Crippen molar-refractivity contribution in [2.45, 2.75) is 6.92 Å². The number of rotatable bonds is 3. The van der Waals surface area contributed by atoms with E-state index in [1.165, 1.54) is 11.0 Å². The van der Waals surface area contributed by atoms with E-state index in [0.29, 0.717) is 16.0 Å². The van der Waals surface area contributed by atoms with Crippen molar-refractivity contribution in [3.63, 3.8) is 0 Å². The van der Waals surface area contributed by atoms with Crippen LogP contribution in [0.1, 0.15) is 12.5 Å². The highest BCUT2D eigenvalue weighted by atomic mass is 79.9. The molecule has 1 heterocycles. The number of amides is 1. The van der Waals surface area contributed by atoms with Gasteiger partial charge in [-0.1, -0.05) is 6.07 Å². The standard InChI is InChI=1S/C13H13BrN2O3/c1-8-15-11(13(19)16(8)4-5-17)7-9-2-3-12(18)10(14)6-9/h2-3,6-7,17-18H,4-5H2,1H3/b11-7-. The molecule has 2 rings (SSSR count). The fourth-order valence-electron chi connectivity index (χ4n) is 1.80. The van der Waals surface area contributed by atoms with Crippen molar-refractivity contribution >= 4 is 33.7 Å². The number of phenols is 1. The van der Waals surface area contributed by atoms with E-state index in [9.17, 15) is 9.90 Å². The van der Waals surface area contributed by atoms with Crippen LogP contribution in [0.4, 0.5) is 0 Å². The Morgan fingerprint density at radius 1 is 1.47 bits per heavy atom. The molecule has 0 atom stereocenters. The Balaban J connectivity index is 2.29. The van der Waals surface area contributed by atoms with E-state index in [2.05, 4.69) is 20.9 Å². The fourth-order valence-corrected chi connectivity index (χ4v) is 2.19. The summed E-state index contributed by atoms with van der Waals surface area (Å²) in [6.07, 6.45) is 1.65. The van der Waals surface area contributed by atoms with Crippen LogP contribution in [0.2, 0.25) is 0 Å². The Labute approximate surface area is 119 Å². The predicted molar refractivity (Wildman–Crippen MR) is 75.7 cm³/mol. The topological polar surface area (TPSA) is 73.1 Å². The van der Waals surface area contributed by atoms with Crippen LogP contribution in [0.25, 0.3) is 6.08 Å². The van der Waals surface area contributed by atoms with E-state index < -0.39 is 0 Å². The second kappa shape index (κ2) is 5.54. The molecular formula is C13H13BrN2O3. The summed E-state index contributed by atoms with van der Waals surface area (Å²) in [7, 11) is 0. The van der Waals surface area contributed by atoms with Gasteiger partial charge in [-0.05, 0) is 46.6 Å². The Morgan fingerprint density at radius 3 is 2.84 bits per heavy atom. The summed E-state index contributed by atoms with van der Waals surface area (Å²) in [4.78, 5) is 17.6. The Morgan fingerprint density at radius 2 is 2.21 bits per heavy atom. The molecule has 1 amide bonds. The first-order valence-corrected chi connectivity index (χ1v) is 6.50. The number of halogens is 1. The Bertz CT molecular complexity index is 581. The molecule has 0 fully saturated rings. The largest absolute Gasteiger partial charge is 0.507 e. The van der Waals surface area contributed by atoms with E-state index in [-0.39, 0.29) is 24.8 Å². The number of nitrogens with zero attached hydrogens (tertiary/aromatic N) is 2. The zero-order valence-corrected chi connectivity index (χ0v) is 11.9. The highest BCUT2D eigenvalue weighted by Gasteiger charge is 2.26. The van der Waals surface area contributed by atoms with Gasteiger partial charge in [0.1, 0.15) is 17.3 Å². The Hall–Kier alpha value is -1.66. The first-order chi connectivity index (χ1) is 9.02. The molecule has 0 radical (unpaired) electrons. The number of aliphatic hydroxyl groups is 1. The van der Waals surface area contributed by atoms with Gasteiger partial charge in [0.25, 0.3) is 5.91 Å². The SMILES string of the molecule is CC1=N/C(=C\c2ccc(O)c(Br)c2)C(=O)N1CCO. The smallest absolute Gasteiger partial charge is 0.277 e. The van der Waals surface area contributed by atoms with Crippen molar-refractivity contribution in [2.24, 2.45) is 4.99 Å². The van der Waals surface area contributed by atoms with Gasteiger partial charge in [-0.25, -0.2) is 4.99 Å². The molecule has 0 spiro atoms. The number of carbonyl (C=O) groups excluding carboxylic acids is 1. The third-order valence-corrected chi connectivity index (χ3v) is 3.37. The lowest BCUT2D eigenvalue weighted by molar-refractivity contribution is -0.123. The predicted octanol–water partition coefficient (Wildman–Crippen LogP) is 1.75. The normalized spacial score (nSPS) is 17.2. The summed E-state index contributed by atoms with van der Waals surface area (Å²) in [5.41, 5.74) is 1.08. The van der Waals surface area contributed by atoms with Crippen molar-refractivity contribution in [2.75, 3.05) is 13.2 Å². The van der Waals surface area contributed by atoms with Gasteiger partial charge in [-0.2, -0.15) is 0 Å². The minimum Gasteiger partial charge on any atom is -0.507 e. The van der Waals surface area contributed by atoms with Gasteiger partial charge in [0, 0.05) is 0 Å². The lowest BCUT2D eigenvalue weighted by atomic mass is 10.2. The Kier molecular flexibility index (Phi) is 4.01. The average Bonchev–Trinajstić information content (AvgIpc) is 2.62. The number of amidine groups is 1. The second-order valence-electron chi connectivity index (χ2n) is 4.08. The number of aliphatic hydroxyl groups excluding tert-OH is 1. The van der Waals surface area contributed by atoms with Gasteiger partial charge in [0.15, 0.2) is 0 Å². The number of hydrogen-bond donors (Lipinski definition) is 2. The van der Waals surface area contributed by atoms with Crippen LogP contribution in [0.5, 0.6) is 5.75 Å². The van der Waals surface area contributed by atoms with Crippen molar-refractivity contribution < 1.29 is 15.0 Å². The molecule has 0 bridgehead atoms. The van der Waals surface area contributed by atoms with Crippen LogP contribution in [-0.4, -0.2) is 40.0 Å². The number of benzene rings is 1. The van der Waals surface area contributed by atoms with Gasteiger partial charge >= 0.3 is 0 Å². The lowest BCUT2D eigenvalue weighted by Gasteiger charge is -2.13. The van der Waals surface area contributed by atoms with E-state index in [4.69, 9.17) is 5.11 Å². The molecule has 0 aliphatic carbocycles. The van der Waals surface area contributed by atoms with Crippen molar-refractivity contribution in [3.05, 3.63) is 33.9 Å². The molecule has 0 aromatic heterocycles. The third-order valence-electron chi connectivity index (χ3n) is 2.74. The molecular weight excluding hydrogens is 312 g/mol. The summed E-state index contributed by atoms with van der Waals surface area (Å²) >= 11 is 3.22. The maximum atomic E-state index is 12.0. The molecule has 1 aromatic rings. The molecule has 6 heteroatoms. The van der Waals surface area contributed by atoms with Crippen LogP contribution in [0.15, 0.2) is 33.4 Å². The number of aromatic hydroxyl groups is 1. The van der Waals surface area contributed by atoms with Crippen molar-refractivity contribution in [1.82, 2.24) is 4.90 Å². The third kappa shape index (κ3) is 2.85. The summed E-state index contributed by atoms with van der Waals surface area (Å²) in [6.45, 7) is 1.86. The lowest BCUT2D eigenvalue weighted by Crippen LogP contribution is -2.32. The van der Waals surface area contributed by atoms with Gasteiger partial charge in [-0.3, -0.25) is 9.69 Å². The minimum atomic E-state index is -0.226. The average molecular weight is 325 g/mol. The maximum Gasteiger partial charge on any atom is 0.277 e.